The average molecular weight is 271 g/mol. The molecule has 1 aliphatic heterocycles. The van der Waals surface area contributed by atoms with Crippen LogP contribution in [0.4, 0.5) is 10.6 Å². The van der Waals surface area contributed by atoms with Gasteiger partial charge in [0.05, 0.1) is 0 Å². The highest BCUT2D eigenvalue weighted by Crippen LogP contribution is 2.17. The van der Waals surface area contributed by atoms with Crippen LogP contribution in [-0.4, -0.2) is 39.7 Å². The molecule has 3 heterocycles. The van der Waals surface area contributed by atoms with E-state index in [0.29, 0.717) is 0 Å². The third-order valence-electron chi connectivity index (χ3n) is 3.53. The molecule has 0 aliphatic carbocycles. The van der Waals surface area contributed by atoms with E-state index in [2.05, 4.69) is 20.2 Å². The number of nitrogens with one attached hydrogen (secondary N) is 1. The SMILES string of the molecule is O=C(NC1CCN(c2ccccn2)CC1)n1ccnc1. The number of amides is 1. The monoisotopic (exact) mass is 271 g/mol. The van der Waals surface area contributed by atoms with E-state index in [-0.39, 0.29) is 12.1 Å². The van der Waals surface area contributed by atoms with Crippen LogP contribution < -0.4 is 10.2 Å². The molecule has 0 atom stereocenters. The number of carbonyl (C=O) groups is 1. The Labute approximate surface area is 117 Å². The van der Waals surface area contributed by atoms with E-state index < -0.39 is 0 Å². The highest BCUT2D eigenvalue weighted by Gasteiger charge is 2.21. The van der Waals surface area contributed by atoms with Crippen molar-refractivity contribution in [3.8, 4) is 0 Å². The molecule has 1 aliphatic rings. The Morgan fingerprint density at radius 3 is 2.75 bits per heavy atom. The third-order valence-corrected chi connectivity index (χ3v) is 3.53. The number of hydrogen-bond donors (Lipinski definition) is 1. The van der Waals surface area contributed by atoms with Gasteiger partial charge in [-0.25, -0.2) is 14.8 Å². The van der Waals surface area contributed by atoms with Crippen molar-refractivity contribution < 1.29 is 4.79 Å². The number of imidazole rings is 1. The van der Waals surface area contributed by atoms with E-state index in [0.717, 1.165) is 31.7 Å². The fourth-order valence-corrected chi connectivity index (χ4v) is 2.42. The molecule has 2 aromatic rings. The Kier molecular flexibility index (Phi) is 3.62. The Balaban J connectivity index is 1.53. The molecule has 1 amide bonds. The molecule has 1 N–H and O–H groups in total. The van der Waals surface area contributed by atoms with Crippen LogP contribution in [0.5, 0.6) is 0 Å². The Morgan fingerprint density at radius 2 is 2.10 bits per heavy atom. The predicted molar refractivity (Wildman–Crippen MR) is 75.6 cm³/mol. The minimum atomic E-state index is -0.112. The summed E-state index contributed by atoms with van der Waals surface area (Å²) < 4.78 is 1.46. The van der Waals surface area contributed by atoms with Crippen LogP contribution in [0, 0.1) is 0 Å². The molecule has 1 saturated heterocycles. The molecule has 6 heteroatoms. The van der Waals surface area contributed by atoms with Gasteiger partial charge in [-0.2, -0.15) is 0 Å². The second-order valence-corrected chi connectivity index (χ2v) is 4.87. The zero-order valence-electron chi connectivity index (χ0n) is 11.1. The van der Waals surface area contributed by atoms with Crippen molar-refractivity contribution in [3.63, 3.8) is 0 Å². The first-order valence-corrected chi connectivity index (χ1v) is 6.78. The summed E-state index contributed by atoms with van der Waals surface area (Å²) in [6.07, 6.45) is 8.43. The van der Waals surface area contributed by atoms with Gasteiger partial charge in [0.2, 0.25) is 0 Å². The van der Waals surface area contributed by atoms with Crippen LogP contribution in [0.3, 0.4) is 0 Å². The summed E-state index contributed by atoms with van der Waals surface area (Å²) in [5, 5.41) is 3.03. The summed E-state index contributed by atoms with van der Waals surface area (Å²) >= 11 is 0. The van der Waals surface area contributed by atoms with Crippen LogP contribution in [0.25, 0.3) is 0 Å². The highest BCUT2D eigenvalue weighted by molar-refractivity contribution is 5.76. The lowest BCUT2D eigenvalue weighted by molar-refractivity contribution is 0.236. The molecule has 0 unspecified atom stereocenters. The number of pyridine rings is 1. The Bertz CT molecular complexity index is 546. The molecule has 20 heavy (non-hydrogen) atoms. The van der Waals surface area contributed by atoms with Gasteiger partial charge < -0.3 is 10.2 Å². The zero-order valence-corrected chi connectivity index (χ0v) is 11.1. The van der Waals surface area contributed by atoms with Gasteiger partial charge in [-0.05, 0) is 25.0 Å². The van der Waals surface area contributed by atoms with Crippen molar-refractivity contribution in [2.75, 3.05) is 18.0 Å². The molecule has 3 rings (SSSR count). The summed E-state index contributed by atoms with van der Waals surface area (Å²) in [6.45, 7) is 1.82. The number of nitrogens with zero attached hydrogens (tertiary/aromatic N) is 4. The predicted octanol–water partition coefficient (Wildman–Crippen LogP) is 1.50. The minimum Gasteiger partial charge on any atom is -0.356 e. The maximum atomic E-state index is 11.9. The van der Waals surface area contributed by atoms with E-state index in [1.54, 1.807) is 12.4 Å². The second-order valence-electron chi connectivity index (χ2n) is 4.87. The number of hydrogen-bond acceptors (Lipinski definition) is 4. The number of carbonyl (C=O) groups excluding carboxylic acids is 1. The fourth-order valence-electron chi connectivity index (χ4n) is 2.42. The quantitative estimate of drug-likeness (QED) is 0.899. The number of piperidine rings is 1. The van der Waals surface area contributed by atoms with E-state index >= 15 is 0 Å². The van der Waals surface area contributed by atoms with Crippen molar-refractivity contribution in [1.29, 1.82) is 0 Å². The molecule has 0 saturated carbocycles. The smallest absolute Gasteiger partial charge is 0.327 e. The lowest BCUT2D eigenvalue weighted by Gasteiger charge is -2.33. The van der Waals surface area contributed by atoms with E-state index in [9.17, 15) is 4.79 Å². The molecule has 0 aromatic carbocycles. The number of aromatic nitrogens is 3. The first-order valence-electron chi connectivity index (χ1n) is 6.78. The molecular formula is C14H17N5O. The van der Waals surface area contributed by atoms with Crippen LogP contribution in [-0.2, 0) is 0 Å². The van der Waals surface area contributed by atoms with E-state index in [1.165, 1.54) is 10.9 Å². The molecule has 104 valence electrons. The van der Waals surface area contributed by atoms with Gasteiger partial charge in [-0.3, -0.25) is 4.57 Å². The fraction of sp³-hybridized carbons (Fsp3) is 0.357. The lowest BCUT2D eigenvalue weighted by Crippen LogP contribution is -2.45. The third kappa shape index (κ3) is 2.79. The molecule has 2 aromatic heterocycles. The standard InChI is InChI=1S/C14H17N5O/c20-14(19-10-7-15-11-19)17-12-4-8-18(9-5-12)13-3-1-2-6-16-13/h1-3,6-7,10-12H,4-5,8-9H2,(H,17,20). The van der Waals surface area contributed by atoms with Gasteiger partial charge in [0, 0.05) is 37.7 Å². The van der Waals surface area contributed by atoms with Crippen molar-refractivity contribution in [2.24, 2.45) is 0 Å². The molecule has 0 radical (unpaired) electrons. The Hall–Kier alpha value is -2.37. The maximum Gasteiger partial charge on any atom is 0.327 e. The molecule has 1 fully saturated rings. The van der Waals surface area contributed by atoms with Crippen molar-refractivity contribution >= 4 is 11.8 Å². The van der Waals surface area contributed by atoms with Gasteiger partial charge in [-0.15, -0.1) is 0 Å². The normalized spacial score (nSPS) is 16.1. The summed E-state index contributed by atoms with van der Waals surface area (Å²) in [5.41, 5.74) is 0. The first kappa shape index (κ1) is 12.7. The average Bonchev–Trinajstić information content (AvgIpc) is 3.03. The largest absolute Gasteiger partial charge is 0.356 e. The van der Waals surface area contributed by atoms with Gasteiger partial charge >= 0.3 is 6.03 Å². The topological polar surface area (TPSA) is 63.1 Å². The number of rotatable bonds is 2. The van der Waals surface area contributed by atoms with Crippen LogP contribution >= 0.6 is 0 Å². The highest BCUT2D eigenvalue weighted by atomic mass is 16.2. The van der Waals surface area contributed by atoms with Crippen LogP contribution in [0.1, 0.15) is 12.8 Å². The first-order chi connectivity index (χ1) is 9.83. The Morgan fingerprint density at radius 1 is 1.25 bits per heavy atom. The summed E-state index contributed by atoms with van der Waals surface area (Å²) in [4.78, 5) is 22.4. The van der Waals surface area contributed by atoms with E-state index in [1.807, 2.05) is 24.4 Å². The molecular weight excluding hydrogens is 254 g/mol. The van der Waals surface area contributed by atoms with Crippen LogP contribution in [0.2, 0.25) is 0 Å². The molecule has 6 nitrogen and oxygen atoms in total. The van der Waals surface area contributed by atoms with Gasteiger partial charge in [0.15, 0.2) is 0 Å². The summed E-state index contributed by atoms with van der Waals surface area (Å²) in [7, 11) is 0. The van der Waals surface area contributed by atoms with Crippen molar-refractivity contribution in [3.05, 3.63) is 43.1 Å². The zero-order chi connectivity index (χ0) is 13.8. The summed E-state index contributed by atoms with van der Waals surface area (Å²) in [6, 6.07) is 6.03. The maximum absolute atomic E-state index is 11.9. The number of anilines is 1. The van der Waals surface area contributed by atoms with Gasteiger partial charge in [0.25, 0.3) is 0 Å². The molecule has 0 spiro atoms. The van der Waals surface area contributed by atoms with Crippen molar-refractivity contribution in [1.82, 2.24) is 19.9 Å². The van der Waals surface area contributed by atoms with Crippen molar-refractivity contribution in [2.45, 2.75) is 18.9 Å². The van der Waals surface area contributed by atoms with Crippen LogP contribution in [0.15, 0.2) is 43.1 Å². The second kappa shape index (κ2) is 5.73. The lowest BCUT2D eigenvalue weighted by atomic mass is 10.1. The van der Waals surface area contributed by atoms with E-state index in [4.69, 9.17) is 0 Å². The summed E-state index contributed by atoms with van der Waals surface area (Å²) in [5.74, 6) is 1.01. The molecule has 0 bridgehead atoms. The minimum absolute atomic E-state index is 0.112. The van der Waals surface area contributed by atoms with Gasteiger partial charge in [-0.1, -0.05) is 6.07 Å². The van der Waals surface area contributed by atoms with Gasteiger partial charge in [0.1, 0.15) is 12.1 Å².